The SMILES string of the molecule is CC(Sc1ccc([N+](=O)[O-])cc1)C(=O)NNC(=O)c1cc(Br)cn1C. The Labute approximate surface area is 156 Å². The first-order valence-corrected chi connectivity index (χ1v) is 8.78. The molecule has 8 nitrogen and oxygen atoms in total. The molecule has 10 heteroatoms. The number of nitrogens with zero attached hydrogens (tertiary/aromatic N) is 2. The van der Waals surface area contributed by atoms with E-state index in [0.717, 1.165) is 4.47 Å². The van der Waals surface area contributed by atoms with E-state index in [4.69, 9.17) is 0 Å². The predicted molar refractivity (Wildman–Crippen MR) is 97.1 cm³/mol. The van der Waals surface area contributed by atoms with Crippen LogP contribution in [0.2, 0.25) is 0 Å². The van der Waals surface area contributed by atoms with Crippen molar-refractivity contribution in [3.8, 4) is 0 Å². The molecule has 0 bridgehead atoms. The van der Waals surface area contributed by atoms with Crippen LogP contribution in [0.15, 0.2) is 45.9 Å². The Bertz CT molecular complexity index is 806. The number of carbonyl (C=O) groups excluding carboxylic acids is 2. The maximum absolute atomic E-state index is 12.1. The number of nitro benzene ring substituents is 1. The molecule has 0 radical (unpaired) electrons. The van der Waals surface area contributed by atoms with Crippen molar-refractivity contribution in [2.45, 2.75) is 17.1 Å². The predicted octanol–water partition coefficient (Wildman–Crippen LogP) is 2.64. The lowest BCUT2D eigenvalue weighted by molar-refractivity contribution is -0.384. The number of carbonyl (C=O) groups is 2. The van der Waals surface area contributed by atoms with Gasteiger partial charge >= 0.3 is 0 Å². The molecule has 0 spiro atoms. The fraction of sp³-hybridized carbons (Fsp3) is 0.200. The summed E-state index contributed by atoms with van der Waals surface area (Å²) in [5, 5.41) is 10.1. The van der Waals surface area contributed by atoms with Crippen molar-refractivity contribution in [3.63, 3.8) is 0 Å². The summed E-state index contributed by atoms with van der Waals surface area (Å²) in [5.74, 6) is -0.820. The van der Waals surface area contributed by atoms with Gasteiger partial charge in [0.2, 0.25) is 0 Å². The summed E-state index contributed by atoms with van der Waals surface area (Å²) in [4.78, 5) is 35.0. The van der Waals surface area contributed by atoms with E-state index in [1.807, 2.05) is 0 Å². The molecule has 2 amide bonds. The van der Waals surface area contributed by atoms with E-state index in [2.05, 4.69) is 26.8 Å². The van der Waals surface area contributed by atoms with Crippen LogP contribution < -0.4 is 10.9 Å². The van der Waals surface area contributed by atoms with Crippen molar-refractivity contribution in [1.82, 2.24) is 15.4 Å². The Kier molecular flexibility index (Phi) is 6.21. The number of non-ortho nitro benzene ring substituents is 1. The van der Waals surface area contributed by atoms with Gasteiger partial charge in [0.05, 0.1) is 10.2 Å². The van der Waals surface area contributed by atoms with Crippen molar-refractivity contribution < 1.29 is 14.5 Å². The molecule has 0 saturated heterocycles. The molecule has 0 aliphatic heterocycles. The molecule has 2 aromatic rings. The average Bonchev–Trinajstić information content (AvgIpc) is 2.91. The van der Waals surface area contributed by atoms with Crippen LogP contribution >= 0.6 is 27.7 Å². The summed E-state index contributed by atoms with van der Waals surface area (Å²) in [7, 11) is 1.72. The fourth-order valence-electron chi connectivity index (χ4n) is 1.94. The number of thioether (sulfide) groups is 1. The van der Waals surface area contributed by atoms with E-state index in [9.17, 15) is 19.7 Å². The zero-order chi connectivity index (χ0) is 18.6. The Morgan fingerprint density at radius 2 is 1.92 bits per heavy atom. The summed E-state index contributed by atoms with van der Waals surface area (Å²) in [6.07, 6.45) is 1.73. The van der Waals surface area contributed by atoms with Gasteiger partial charge in [0.15, 0.2) is 0 Å². The van der Waals surface area contributed by atoms with Gasteiger partial charge in [-0.3, -0.25) is 30.6 Å². The fourth-order valence-corrected chi connectivity index (χ4v) is 3.33. The van der Waals surface area contributed by atoms with Gasteiger partial charge in [0.25, 0.3) is 17.5 Å². The monoisotopic (exact) mass is 426 g/mol. The van der Waals surface area contributed by atoms with Crippen molar-refractivity contribution in [2.24, 2.45) is 7.05 Å². The average molecular weight is 427 g/mol. The molecule has 2 rings (SSSR count). The topological polar surface area (TPSA) is 106 Å². The number of aromatic nitrogens is 1. The number of nitro groups is 1. The number of benzene rings is 1. The van der Waals surface area contributed by atoms with E-state index in [1.54, 1.807) is 42.9 Å². The molecule has 132 valence electrons. The lowest BCUT2D eigenvalue weighted by Crippen LogP contribution is -2.45. The zero-order valence-corrected chi connectivity index (χ0v) is 15.8. The van der Waals surface area contributed by atoms with E-state index in [1.165, 1.54) is 23.9 Å². The van der Waals surface area contributed by atoms with Crippen molar-refractivity contribution in [1.29, 1.82) is 0 Å². The summed E-state index contributed by atoms with van der Waals surface area (Å²) in [5.41, 5.74) is 5.11. The first-order chi connectivity index (χ1) is 11.8. The highest BCUT2D eigenvalue weighted by Crippen LogP contribution is 2.25. The zero-order valence-electron chi connectivity index (χ0n) is 13.4. The minimum absolute atomic E-state index is 0.0116. The van der Waals surface area contributed by atoms with Gasteiger partial charge in [0, 0.05) is 34.7 Å². The van der Waals surface area contributed by atoms with E-state index in [0.29, 0.717) is 10.6 Å². The number of hydrogen-bond donors (Lipinski definition) is 2. The molecule has 0 fully saturated rings. The maximum Gasteiger partial charge on any atom is 0.286 e. The molecule has 25 heavy (non-hydrogen) atoms. The molecular formula is C15H15BrN4O4S. The Morgan fingerprint density at radius 1 is 1.28 bits per heavy atom. The van der Waals surface area contributed by atoms with Gasteiger partial charge in [-0.15, -0.1) is 11.8 Å². The minimum Gasteiger partial charge on any atom is -0.345 e. The molecule has 1 atom stereocenters. The van der Waals surface area contributed by atoms with Crippen LogP contribution in [-0.2, 0) is 11.8 Å². The first kappa shape index (κ1) is 19.0. The van der Waals surface area contributed by atoms with Gasteiger partial charge in [-0.05, 0) is 41.1 Å². The first-order valence-electron chi connectivity index (χ1n) is 7.11. The summed E-state index contributed by atoms with van der Waals surface area (Å²) < 4.78 is 2.38. The standard InChI is InChI=1S/C15H15BrN4O4S/c1-9(25-12-5-3-11(4-6-12)20(23)24)14(21)17-18-15(22)13-7-10(16)8-19(13)2/h3-9H,1-2H3,(H,17,21)(H,18,22). The van der Waals surface area contributed by atoms with Gasteiger partial charge in [-0.2, -0.15) is 0 Å². The summed E-state index contributed by atoms with van der Waals surface area (Å²) >= 11 is 4.50. The maximum atomic E-state index is 12.1. The van der Waals surface area contributed by atoms with Crippen molar-refractivity contribution >= 4 is 45.2 Å². The Balaban J connectivity index is 1.88. The summed E-state index contributed by atoms with van der Waals surface area (Å²) in [6, 6.07) is 7.54. The van der Waals surface area contributed by atoms with E-state index >= 15 is 0 Å². The second-order valence-electron chi connectivity index (χ2n) is 5.11. The highest BCUT2D eigenvalue weighted by atomic mass is 79.9. The lowest BCUT2D eigenvalue weighted by atomic mass is 10.3. The van der Waals surface area contributed by atoms with E-state index in [-0.39, 0.29) is 11.6 Å². The molecule has 1 heterocycles. The smallest absolute Gasteiger partial charge is 0.286 e. The molecule has 1 aromatic carbocycles. The van der Waals surface area contributed by atoms with Crippen LogP contribution in [0.1, 0.15) is 17.4 Å². The molecule has 0 aliphatic carbocycles. The van der Waals surface area contributed by atoms with Crippen LogP contribution in [0.3, 0.4) is 0 Å². The second kappa shape index (κ2) is 8.17. The molecular weight excluding hydrogens is 412 g/mol. The highest BCUT2D eigenvalue weighted by Gasteiger charge is 2.17. The number of aryl methyl sites for hydroxylation is 1. The van der Waals surface area contributed by atoms with Crippen LogP contribution in [0.25, 0.3) is 0 Å². The van der Waals surface area contributed by atoms with Crippen molar-refractivity contribution in [3.05, 3.63) is 56.8 Å². The second-order valence-corrected chi connectivity index (χ2v) is 7.44. The van der Waals surface area contributed by atoms with Gasteiger partial charge in [-0.25, -0.2) is 0 Å². The summed E-state index contributed by atoms with van der Waals surface area (Å²) in [6.45, 7) is 1.67. The third kappa shape index (κ3) is 5.07. The van der Waals surface area contributed by atoms with Gasteiger partial charge < -0.3 is 4.57 Å². The molecule has 0 saturated carbocycles. The molecule has 2 N–H and O–H groups in total. The lowest BCUT2D eigenvalue weighted by Gasteiger charge is -2.13. The number of rotatable bonds is 5. The van der Waals surface area contributed by atoms with Crippen LogP contribution in [-0.4, -0.2) is 26.6 Å². The Hall–Kier alpha value is -2.33. The van der Waals surface area contributed by atoms with E-state index < -0.39 is 16.1 Å². The minimum atomic E-state index is -0.498. The van der Waals surface area contributed by atoms with Crippen LogP contribution in [0.4, 0.5) is 5.69 Å². The third-order valence-corrected chi connectivity index (χ3v) is 4.78. The molecule has 1 unspecified atom stereocenters. The quantitative estimate of drug-likeness (QED) is 0.434. The largest absolute Gasteiger partial charge is 0.345 e. The van der Waals surface area contributed by atoms with Crippen molar-refractivity contribution in [2.75, 3.05) is 0 Å². The number of amides is 2. The number of hydrazine groups is 1. The third-order valence-electron chi connectivity index (χ3n) is 3.23. The highest BCUT2D eigenvalue weighted by molar-refractivity contribution is 9.10. The molecule has 1 aromatic heterocycles. The number of nitrogens with one attached hydrogen (secondary N) is 2. The van der Waals surface area contributed by atoms with Crippen LogP contribution in [0, 0.1) is 10.1 Å². The number of hydrogen-bond acceptors (Lipinski definition) is 5. The Morgan fingerprint density at radius 3 is 2.44 bits per heavy atom. The van der Waals surface area contributed by atoms with Gasteiger partial charge in [0.1, 0.15) is 5.69 Å². The van der Waals surface area contributed by atoms with Crippen LogP contribution in [0.5, 0.6) is 0 Å². The normalized spacial score (nSPS) is 11.6. The molecule has 0 aliphatic rings. The number of halogens is 1. The van der Waals surface area contributed by atoms with Gasteiger partial charge in [-0.1, -0.05) is 0 Å².